The minimum Gasteiger partial charge on any atom is -0.480 e. The van der Waals surface area contributed by atoms with Crippen LogP contribution in [0.5, 0.6) is 0 Å². The molecule has 5 unspecified atom stereocenters. The fourth-order valence-electron chi connectivity index (χ4n) is 3.07. The quantitative estimate of drug-likeness (QED) is 0.127. The molecular formula is C21H41N5O6S. The van der Waals surface area contributed by atoms with E-state index in [2.05, 4.69) is 16.0 Å². The van der Waals surface area contributed by atoms with Crippen LogP contribution in [0.3, 0.4) is 0 Å². The Labute approximate surface area is 200 Å². The maximum absolute atomic E-state index is 12.9. The van der Waals surface area contributed by atoms with Gasteiger partial charge in [0.1, 0.15) is 18.1 Å². The summed E-state index contributed by atoms with van der Waals surface area (Å²) in [7, 11) is 0. The number of aliphatic hydroxyl groups excluding tert-OH is 1. The van der Waals surface area contributed by atoms with E-state index in [1.165, 1.54) is 18.7 Å². The smallest absolute Gasteiger partial charge is 0.326 e. The Morgan fingerprint density at radius 2 is 1.52 bits per heavy atom. The summed E-state index contributed by atoms with van der Waals surface area (Å²) in [6, 6.07) is -4.33. The van der Waals surface area contributed by atoms with Crippen LogP contribution in [0.4, 0.5) is 0 Å². The average molecular weight is 492 g/mol. The summed E-state index contributed by atoms with van der Waals surface area (Å²) in [6.45, 7) is 5.54. The zero-order chi connectivity index (χ0) is 25.6. The number of carbonyl (C=O) groups excluding carboxylic acids is 3. The van der Waals surface area contributed by atoms with Gasteiger partial charge in [0.2, 0.25) is 17.7 Å². The number of aliphatic hydroxyl groups is 1. The monoisotopic (exact) mass is 491 g/mol. The van der Waals surface area contributed by atoms with E-state index in [1.807, 2.05) is 20.1 Å². The Bertz CT molecular complexity index is 634. The Balaban J connectivity index is 5.39. The maximum Gasteiger partial charge on any atom is 0.326 e. The fraction of sp³-hybridized carbons (Fsp3) is 0.810. The van der Waals surface area contributed by atoms with Gasteiger partial charge in [0.15, 0.2) is 0 Å². The molecule has 0 aliphatic rings. The fourth-order valence-corrected chi connectivity index (χ4v) is 3.54. The molecule has 0 aromatic rings. The van der Waals surface area contributed by atoms with Crippen LogP contribution in [0.1, 0.15) is 52.9 Å². The van der Waals surface area contributed by atoms with E-state index in [4.69, 9.17) is 11.5 Å². The topological polar surface area (TPSA) is 197 Å². The molecule has 12 heteroatoms. The van der Waals surface area contributed by atoms with Crippen LogP contribution in [0.25, 0.3) is 0 Å². The minimum atomic E-state index is -1.33. The molecule has 0 radical (unpaired) electrons. The van der Waals surface area contributed by atoms with Gasteiger partial charge in [0.05, 0.1) is 12.1 Å². The molecular weight excluding hydrogens is 450 g/mol. The molecule has 0 rings (SSSR count). The molecule has 9 N–H and O–H groups in total. The van der Waals surface area contributed by atoms with Crippen molar-refractivity contribution in [1.29, 1.82) is 0 Å². The lowest BCUT2D eigenvalue weighted by molar-refractivity contribution is -0.142. The molecule has 0 aromatic carbocycles. The summed E-state index contributed by atoms with van der Waals surface area (Å²) < 4.78 is 0. The van der Waals surface area contributed by atoms with Gasteiger partial charge in [0.25, 0.3) is 0 Å². The number of nitrogens with two attached hydrogens (primary N) is 2. The van der Waals surface area contributed by atoms with Crippen molar-refractivity contribution in [1.82, 2.24) is 16.0 Å². The van der Waals surface area contributed by atoms with Gasteiger partial charge in [-0.3, -0.25) is 14.4 Å². The number of carboxylic acid groups (broad SMARTS) is 1. The van der Waals surface area contributed by atoms with Crippen LogP contribution in [0.2, 0.25) is 0 Å². The zero-order valence-corrected chi connectivity index (χ0v) is 20.8. The molecule has 0 aliphatic carbocycles. The van der Waals surface area contributed by atoms with Gasteiger partial charge in [-0.25, -0.2) is 4.79 Å². The highest BCUT2D eigenvalue weighted by molar-refractivity contribution is 7.98. The summed E-state index contributed by atoms with van der Waals surface area (Å²) in [5.74, 6) is -2.48. The van der Waals surface area contributed by atoms with E-state index in [9.17, 15) is 29.4 Å². The molecule has 0 bridgehead atoms. The van der Waals surface area contributed by atoms with Gasteiger partial charge in [-0.1, -0.05) is 13.8 Å². The Kier molecular flexibility index (Phi) is 15.7. The van der Waals surface area contributed by atoms with E-state index in [1.54, 1.807) is 0 Å². The van der Waals surface area contributed by atoms with Crippen molar-refractivity contribution in [3.63, 3.8) is 0 Å². The standard InChI is InChI=1S/C21H41N5O6S/c1-12(2)11-14(23)18(28)26-17(13(3)27)20(30)24-15(7-5-6-9-22)19(29)25-16(21(31)32)8-10-33-4/h12-17,27H,5-11,22-23H2,1-4H3,(H,24,30)(H,25,29)(H,26,28)(H,31,32). The predicted octanol–water partition coefficient (Wildman–Crippen LogP) is -0.838. The first-order valence-electron chi connectivity index (χ1n) is 11.2. The number of aliphatic carboxylic acids is 1. The van der Waals surface area contributed by atoms with Crippen LogP contribution in [-0.4, -0.2) is 82.7 Å². The highest BCUT2D eigenvalue weighted by Gasteiger charge is 2.32. The van der Waals surface area contributed by atoms with E-state index < -0.39 is 54.0 Å². The van der Waals surface area contributed by atoms with Gasteiger partial charge >= 0.3 is 5.97 Å². The minimum absolute atomic E-state index is 0.161. The third kappa shape index (κ3) is 12.8. The van der Waals surface area contributed by atoms with Crippen molar-refractivity contribution in [2.24, 2.45) is 17.4 Å². The number of nitrogens with one attached hydrogen (secondary N) is 3. The second-order valence-electron chi connectivity index (χ2n) is 8.49. The third-order valence-electron chi connectivity index (χ3n) is 4.93. The van der Waals surface area contributed by atoms with Gasteiger partial charge in [-0.15, -0.1) is 0 Å². The van der Waals surface area contributed by atoms with E-state index in [0.29, 0.717) is 31.6 Å². The number of amides is 3. The number of hydrogen-bond donors (Lipinski definition) is 7. The van der Waals surface area contributed by atoms with Gasteiger partial charge < -0.3 is 37.6 Å². The molecule has 0 aromatic heterocycles. The maximum atomic E-state index is 12.9. The van der Waals surface area contributed by atoms with E-state index in [0.717, 1.165) is 0 Å². The van der Waals surface area contributed by atoms with Crippen LogP contribution >= 0.6 is 11.8 Å². The molecule has 5 atom stereocenters. The first-order chi connectivity index (χ1) is 15.4. The largest absolute Gasteiger partial charge is 0.480 e. The SMILES string of the molecule is CSCCC(NC(=O)C(CCCCN)NC(=O)C(NC(=O)C(N)CC(C)C)C(C)O)C(=O)O. The molecule has 11 nitrogen and oxygen atoms in total. The third-order valence-corrected chi connectivity index (χ3v) is 5.57. The molecule has 0 saturated carbocycles. The normalized spacial score (nSPS) is 15.8. The van der Waals surface area contributed by atoms with Gasteiger partial charge in [-0.2, -0.15) is 11.8 Å². The summed E-state index contributed by atoms with van der Waals surface area (Å²) in [6.07, 6.45) is 2.55. The number of rotatable bonds is 17. The van der Waals surface area contributed by atoms with Crippen LogP contribution in [-0.2, 0) is 19.2 Å². The molecule has 0 heterocycles. The Hall–Kier alpha value is -1.89. The average Bonchev–Trinajstić information content (AvgIpc) is 2.72. The molecule has 0 fully saturated rings. The first kappa shape index (κ1) is 31.1. The first-order valence-corrected chi connectivity index (χ1v) is 12.6. The summed E-state index contributed by atoms with van der Waals surface area (Å²) in [5.41, 5.74) is 11.4. The summed E-state index contributed by atoms with van der Waals surface area (Å²) >= 11 is 1.45. The number of thioether (sulfide) groups is 1. The van der Waals surface area contributed by atoms with E-state index >= 15 is 0 Å². The van der Waals surface area contributed by atoms with Crippen molar-refractivity contribution < 1.29 is 29.4 Å². The lowest BCUT2D eigenvalue weighted by Crippen LogP contribution is -2.59. The highest BCUT2D eigenvalue weighted by Crippen LogP contribution is 2.07. The molecule has 3 amide bonds. The van der Waals surface area contributed by atoms with Crippen molar-refractivity contribution in [3.8, 4) is 0 Å². The Morgan fingerprint density at radius 3 is 2.00 bits per heavy atom. The van der Waals surface area contributed by atoms with Crippen molar-refractivity contribution in [3.05, 3.63) is 0 Å². The number of carboxylic acids is 1. The number of carbonyl (C=O) groups is 4. The highest BCUT2D eigenvalue weighted by atomic mass is 32.2. The van der Waals surface area contributed by atoms with Crippen LogP contribution in [0.15, 0.2) is 0 Å². The van der Waals surface area contributed by atoms with Crippen LogP contribution in [0, 0.1) is 5.92 Å². The molecule has 192 valence electrons. The lowest BCUT2D eigenvalue weighted by atomic mass is 10.0. The number of unbranched alkanes of at least 4 members (excludes halogenated alkanes) is 1. The lowest BCUT2D eigenvalue weighted by Gasteiger charge is -2.26. The van der Waals surface area contributed by atoms with Gasteiger partial charge in [-0.05, 0) is 63.5 Å². The molecule has 33 heavy (non-hydrogen) atoms. The van der Waals surface area contributed by atoms with Crippen molar-refractivity contribution in [2.45, 2.75) is 83.1 Å². The Morgan fingerprint density at radius 1 is 0.909 bits per heavy atom. The van der Waals surface area contributed by atoms with Crippen molar-refractivity contribution >= 4 is 35.5 Å². The molecule has 0 aliphatic heterocycles. The molecule has 0 spiro atoms. The van der Waals surface area contributed by atoms with Gasteiger partial charge in [0, 0.05) is 0 Å². The predicted molar refractivity (Wildman–Crippen MR) is 128 cm³/mol. The second-order valence-corrected chi connectivity index (χ2v) is 9.48. The summed E-state index contributed by atoms with van der Waals surface area (Å²) in [4.78, 5) is 49.5. The zero-order valence-electron chi connectivity index (χ0n) is 20.0. The summed E-state index contributed by atoms with van der Waals surface area (Å²) in [5, 5.41) is 26.9. The van der Waals surface area contributed by atoms with Crippen LogP contribution < -0.4 is 27.4 Å². The second kappa shape index (κ2) is 16.7. The number of hydrogen-bond acceptors (Lipinski definition) is 8. The van der Waals surface area contributed by atoms with E-state index in [-0.39, 0.29) is 18.8 Å². The molecule has 0 saturated heterocycles. The van der Waals surface area contributed by atoms with Crippen molar-refractivity contribution in [2.75, 3.05) is 18.6 Å².